The van der Waals surface area contributed by atoms with Crippen LogP contribution in [0.15, 0.2) is 109 Å². The molecule has 0 aromatic heterocycles. The van der Waals surface area contributed by atoms with E-state index in [4.69, 9.17) is 14.2 Å². The van der Waals surface area contributed by atoms with Crippen molar-refractivity contribution in [1.29, 1.82) is 0 Å². The summed E-state index contributed by atoms with van der Waals surface area (Å²) in [4.78, 5) is 11.4. The molecule has 10 heteroatoms. The van der Waals surface area contributed by atoms with Crippen molar-refractivity contribution in [2.45, 2.75) is 42.9 Å². The normalized spacial score (nSPS) is 22.4. The molecule has 1 fully saturated rings. The van der Waals surface area contributed by atoms with Crippen LogP contribution in [0.2, 0.25) is 0 Å². The second kappa shape index (κ2) is 12.8. The first-order chi connectivity index (χ1) is 20.3. The molecule has 0 amide bonds. The topological polar surface area (TPSA) is 152 Å². The molecule has 0 spiro atoms. The molecule has 42 heavy (non-hydrogen) atoms. The minimum Gasteiger partial charge on any atom is -0.455 e. The van der Waals surface area contributed by atoms with Crippen molar-refractivity contribution in [2.24, 2.45) is 0 Å². The number of hydrogen-bond donors (Lipinski definition) is 4. The van der Waals surface area contributed by atoms with Crippen molar-refractivity contribution >= 4 is 5.69 Å². The maximum atomic E-state index is 12.1. The molecule has 0 radical (unpaired) electrons. The highest BCUT2D eigenvalue weighted by Crippen LogP contribution is 2.41. The van der Waals surface area contributed by atoms with Gasteiger partial charge >= 0.3 is 5.69 Å². The van der Waals surface area contributed by atoms with Crippen molar-refractivity contribution in [3.8, 4) is 5.75 Å². The van der Waals surface area contributed by atoms with Crippen LogP contribution >= 0.6 is 0 Å². The molecule has 0 aliphatic carbocycles. The van der Waals surface area contributed by atoms with Crippen LogP contribution in [0.25, 0.3) is 0 Å². The first-order valence-electron chi connectivity index (χ1n) is 13.4. The molecule has 1 heterocycles. The van der Waals surface area contributed by atoms with Gasteiger partial charge in [-0.3, -0.25) is 10.1 Å². The van der Waals surface area contributed by atoms with E-state index < -0.39 is 53.5 Å². The van der Waals surface area contributed by atoms with Crippen molar-refractivity contribution in [1.82, 2.24) is 0 Å². The van der Waals surface area contributed by atoms with E-state index in [-0.39, 0.29) is 12.4 Å². The maximum Gasteiger partial charge on any atom is 0.311 e. The summed E-state index contributed by atoms with van der Waals surface area (Å²) in [7, 11) is 0. The molecule has 2 unspecified atom stereocenters. The highest BCUT2D eigenvalue weighted by Gasteiger charge is 2.45. The van der Waals surface area contributed by atoms with Crippen molar-refractivity contribution in [3.63, 3.8) is 0 Å². The molecule has 1 saturated heterocycles. The highest BCUT2D eigenvalue weighted by atomic mass is 16.7. The van der Waals surface area contributed by atoms with E-state index in [1.807, 2.05) is 91.0 Å². The first-order valence-corrected chi connectivity index (χ1v) is 13.4. The number of nitro groups is 1. The summed E-state index contributed by atoms with van der Waals surface area (Å²) in [5, 5.41) is 51.9. The number of aliphatic hydroxyl groups is 4. The summed E-state index contributed by atoms with van der Waals surface area (Å²) < 4.78 is 17.7. The Morgan fingerprint density at radius 3 is 1.76 bits per heavy atom. The van der Waals surface area contributed by atoms with Crippen LogP contribution in [0.1, 0.15) is 22.3 Å². The van der Waals surface area contributed by atoms with Crippen LogP contribution in [-0.4, -0.2) is 62.7 Å². The van der Waals surface area contributed by atoms with Gasteiger partial charge in [0.15, 0.2) is 5.75 Å². The highest BCUT2D eigenvalue weighted by molar-refractivity contribution is 5.50. The Labute approximate surface area is 242 Å². The van der Waals surface area contributed by atoms with E-state index >= 15 is 0 Å². The minimum absolute atomic E-state index is 0.0140. The number of hydrogen-bond acceptors (Lipinski definition) is 9. The largest absolute Gasteiger partial charge is 0.455 e. The van der Waals surface area contributed by atoms with Gasteiger partial charge in [-0.05, 0) is 28.3 Å². The van der Waals surface area contributed by atoms with Crippen LogP contribution < -0.4 is 4.74 Å². The average molecular weight is 574 g/mol. The summed E-state index contributed by atoms with van der Waals surface area (Å²) in [5.41, 5.74) is 1.65. The van der Waals surface area contributed by atoms with E-state index in [0.29, 0.717) is 5.56 Å². The van der Waals surface area contributed by atoms with Gasteiger partial charge in [0, 0.05) is 6.07 Å². The lowest BCUT2D eigenvalue weighted by atomic mass is 9.80. The van der Waals surface area contributed by atoms with E-state index in [0.717, 1.165) is 16.7 Å². The maximum absolute atomic E-state index is 12.1. The fourth-order valence-corrected chi connectivity index (χ4v) is 5.15. The molecule has 5 rings (SSSR count). The zero-order valence-electron chi connectivity index (χ0n) is 22.5. The Bertz CT molecular complexity index is 1370. The van der Waals surface area contributed by atoms with E-state index in [9.17, 15) is 30.5 Å². The summed E-state index contributed by atoms with van der Waals surface area (Å²) in [5.74, 6) is -0.228. The van der Waals surface area contributed by atoms with Gasteiger partial charge in [0.05, 0.1) is 18.1 Å². The Morgan fingerprint density at radius 1 is 0.762 bits per heavy atom. The predicted octanol–water partition coefficient (Wildman–Crippen LogP) is 3.28. The SMILES string of the molecule is O=[N+]([O-])c1cc(COC(c2ccccc2)(c2ccccc2)c2ccccc2)ccc1O[C@@H]1OC(CO)[C@H](O)C(O)[C@@H]1O. The molecule has 0 saturated carbocycles. The van der Waals surface area contributed by atoms with Crippen LogP contribution in [0.5, 0.6) is 5.75 Å². The van der Waals surface area contributed by atoms with Gasteiger partial charge in [-0.2, -0.15) is 0 Å². The predicted molar refractivity (Wildman–Crippen MR) is 151 cm³/mol. The molecule has 4 N–H and O–H groups in total. The van der Waals surface area contributed by atoms with Crippen LogP contribution in [-0.2, 0) is 21.7 Å². The van der Waals surface area contributed by atoms with E-state index in [2.05, 4.69) is 0 Å². The van der Waals surface area contributed by atoms with E-state index in [1.54, 1.807) is 6.07 Å². The fraction of sp³-hybridized carbons (Fsp3) is 0.250. The van der Waals surface area contributed by atoms with E-state index in [1.165, 1.54) is 12.1 Å². The standard InChI is InChI=1S/C32H31NO9/c34-19-27-28(35)29(36)30(37)31(42-27)41-26-17-16-21(18-25(26)33(38)39)20-40-32(22-10-4-1-5-11-22,23-12-6-2-7-13-23)24-14-8-3-9-15-24/h1-18,27-31,34-37H,19-20H2/t27?,28-,29?,30-,31+/m0/s1. The Balaban J connectivity index is 1.48. The molecule has 4 aromatic carbocycles. The number of benzene rings is 4. The summed E-state index contributed by atoms with van der Waals surface area (Å²) >= 11 is 0. The lowest BCUT2D eigenvalue weighted by Crippen LogP contribution is -2.60. The number of ether oxygens (including phenoxy) is 3. The van der Waals surface area contributed by atoms with Crippen molar-refractivity contribution in [3.05, 3.63) is 142 Å². The smallest absolute Gasteiger partial charge is 0.311 e. The van der Waals surface area contributed by atoms with Gasteiger partial charge in [0.2, 0.25) is 6.29 Å². The zero-order valence-corrected chi connectivity index (χ0v) is 22.5. The molecule has 1 aliphatic rings. The lowest BCUT2D eigenvalue weighted by Gasteiger charge is -2.39. The lowest BCUT2D eigenvalue weighted by molar-refractivity contribution is -0.387. The molecule has 10 nitrogen and oxygen atoms in total. The third-order valence-electron chi connectivity index (χ3n) is 7.31. The Hall–Kier alpha value is -4.16. The summed E-state index contributed by atoms with van der Waals surface area (Å²) in [6.45, 7) is -0.672. The second-order valence-electron chi connectivity index (χ2n) is 9.94. The van der Waals surface area contributed by atoms with Crippen molar-refractivity contribution in [2.75, 3.05) is 6.61 Å². The van der Waals surface area contributed by atoms with Gasteiger partial charge in [0.25, 0.3) is 0 Å². The van der Waals surface area contributed by atoms with Crippen LogP contribution in [0.3, 0.4) is 0 Å². The fourth-order valence-electron chi connectivity index (χ4n) is 5.15. The molecule has 218 valence electrons. The quantitative estimate of drug-likeness (QED) is 0.127. The summed E-state index contributed by atoms with van der Waals surface area (Å²) in [6.07, 6.45) is -7.77. The molecule has 4 aromatic rings. The molecular weight excluding hydrogens is 542 g/mol. The second-order valence-corrected chi connectivity index (χ2v) is 9.94. The average Bonchev–Trinajstić information content (AvgIpc) is 3.03. The number of rotatable bonds is 10. The number of nitrogens with zero attached hydrogens (tertiary/aromatic N) is 1. The zero-order chi connectivity index (χ0) is 29.7. The van der Waals surface area contributed by atoms with Gasteiger partial charge in [-0.1, -0.05) is 97.1 Å². The third kappa shape index (κ3) is 5.77. The molecule has 1 aliphatic heterocycles. The van der Waals surface area contributed by atoms with Crippen molar-refractivity contribution < 1.29 is 39.6 Å². The van der Waals surface area contributed by atoms with Gasteiger partial charge < -0.3 is 34.6 Å². The minimum atomic E-state index is -1.71. The molecule has 5 atom stereocenters. The Morgan fingerprint density at radius 2 is 1.29 bits per heavy atom. The molecule has 0 bridgehead atoms. The van der Waals surface area contributed by atoms with Gasteiger partial charge in [0.1, 0.15) is 30.0 Å². The van der Waals surface area contributed by atoms with Crippen LogP contribution in [0, 0.1) is 10.1 Å². The number of nitro benzene ring substituents is 1. The number of aliphatic hydroxyl groups excluding tert-OH is 4. The van der Waals surface area contributed by atoms with Crippen LogP contribution in [0.4, 0.5) is 5.69 Å². The summed E-state index contributed by atoms with van der Waals surface area (Å²) in [6, 6.07) is 33.4. The molecular formula is C32H31NO9. The monoisotopic (exact) mass is 573 g/mol. The first kappa shape index (κ1) is 29.3. The third-order valence-corrected chi connectivity index (χ3v) is 7.31. The Kier molecular flexibility index (Phi) is 8.93. The van der Waals surface area contributed by atoms with Gasteiger partial charge in [-0.25, -0.2) is 0 Å². The van der Waals surface area contributed by atoms with Gasteiger partial charge in [-0.15, -0.1) is 0 Å².